The molecule has 1 aliphatic heterocycles. The van der Waals surface area contributed by atoms with Crippen LogP contribution in [0.5, 0.6) is 5.75 Å². The molecule has 28 heavy (non-hydrogen) atoms. The second kappa shape index (κ2) is 7.95. The lowest BCUT2D eigenvalue weighted by molar-refractivity contribution is 0.0943. The van der Waals surface area contributed by atoms with Crippen molar-refractivity contribution in [3.63, 3.8) is 0 Å². The summed E-state index contributed by atoms with van der Waals surface area (Å²) in [7, 11) is 1.60. The SMILES string of the molecule is COc1ccc(CNC(=O)c2cc(=O)nc3sc(N4CCOCC4)nn23)cc1. The highest BCUT2D eigenvalue weighted by Crippen LogP contribution is 2.23. The van der Waals surface area contributed by atoms with Crippen LogP contribution in [0.25, 0.3) is 4.96 Å². The maximum atomic E-state index is 12.7. The van der Waals surface area contributed by atoms with Crippen molar-refractivity contribution in [2.45, 2.75) is 6.54 Å². The number of anilines is 1. The van der Waals surface area contributed by atoms with E-state index in [4.69, 9.17) is 9.47 Å². The molecule has 0 radical (unpaired) electrons. The van der Waals surface area contributed by atoms with Crippen molar-refractivity contribution in [3.8, 4) is 5.75 Å². The summed E-state index contributed by atoms with van der Waals surface area (Å²) in [4.78, 5) is 31.1. The van der Waals surface area contributed by atoms with Gasteiger partial charge in [0.2, 0.25) is 10.1 Å². The van der Waals surface area contributed by atoms with Crippen molar-refractivity contribution < 1.29 is 14.3 Å². The molecule has 1 amide bonds. The summed E-state index contributed by atoms with van der Waals surface area (Å²) in [6.07, 6.45) is 0. The molecular formula is C18H19N5O4S. The second-order valence-electron chi connectivity index (χ2n) is 6.19. The first kappa shape index (κ1) is 18.4. The van der Waals surface area contributed by atoms with Gasteiger partial charge in [-0.1, -0.05) is 23.5 Å². The minimum absolute atomic E-state index is 0.166. The summed E-state index contributed by atoms with van der Waals surface area (Å²) < 4.78 is 11.9. The average Bonchev–Trinajstić information content (AvgIpc) is 3.16. The zero-order chi connectivity index (χ0) is 19.5. The Morgan fingerprint density at radius 1 is 1.29 bits per heavy atom. The number of ether oxygens (including phenoxy) is 2. The molecule has 1 fully saturated rings. The molecule has 4 rings (SSSR count). The van der Waals surface area contributed by atoms with Crippen molar-refractivity contribution in [2.24, 2.45) is 0 Å². The van der Waals surface area contributed by atoms with Gasteiger partial charge in [-0.3, -0.25) is 9.59 Å². The summed E-state index contributed by atoms with van der Waals surface area (Å²) in [6, 6.07) is 8.59. The summed E-state index contributed by atoms with van der Waals surface area (Å²) >= 11 is 1.29. The molecule has 9 nitrogen and oxygen atoms in total. The van der Waals surface area contributed by atoms with E-state index in [0.717, 1.165) is 11.3 Å². The van der Waals surface area contributed by atoms with Gasteiger partial charge in [-0.05, 0) is 17.7 Å². The van der Waals surface area contributed by atoms with Crippen LogP contribution in [-0.4, -0.2) is 53.9 Å². The molecule has 0 bridgehead atoms. The van der Waals surface area contributed by atoms with Crippen LogP contribution in [0.1, 0.15) is 16.1 Å². The first-order chi connectivity index (χ1) is 13.6. The van der Waals surface area contributed by atoms with Gasteiger partial charge >= 0.3 is 0 Å². The molecule has 0 unspecified atom stereocenters. The van der Waals surface area contributed by atoms with E-state index in [1.807, 2.05) is 24.3 Å². The van der Waals surface area contributed by atoms with Gasteiger partial charge in [0.15, 0.2) is 0 Å². The van der Waals surface area contributed by atoms with Gasteiger partial charge in [-0.25, -0.2) is 0 Å². The zero-order valence-corrected chi connectivity index (χ0v) is 16.1. The highest BCUT2D eigenvalue weighted by molar-refractivity contribution is 7.20. The van der Waals surface area contributed by atoms with E-state index in [2.05, 4.69) is 20.3 Å². The van der Waals surface area contributed by atoms with Gasteiger partial charge in [0, 0.05) is 25.7 Å². The lowest BCUT2D eigenvalue weighted by atomic mass is 10.2. The van der Waals surface area contributed by atoms with Gasteiger partial charge in [0.25, 0.3) is 11.5 Å². The van der Waals surface area contributed by atoms with Gasteiger partial charge in [-0.15, -0.1) is 5.10 Å². The normalized spacial score (nSPS) is 14.2. The predicted molar refractivity (Wildman–Crippen MR) is 104 cm³/mol. The monoisotopic (exact) mass is 401 g/mol. The van der Waals surface area contributed by atoms with Crippen LogP contribution in [0.3, 0.4) is 0 Å². The molecule has 3 heterocycles. The number of nitrogens with one attached hydrogen (secondary N) is 1. The molecule has 2 aromatic heterocycles. The number of methoxy groups -OCH3 is 1. The Bertz CT molecular complexity index is 1040. The van der Waals surface area contributed by atoms with E-state index in [1.54, 1.807) is 7.11 Å². The predicted octanol–water partition coefficient (Wildman–Crippen LogP) is 0.926. The first-order valence-corrected chi connectivity index (χ1v) is 9.60. The maximum Gasteiger partial charge on any atom is 0.274 e. The number of hydrogen-bond donors (Lipinski definition) is 1. The van der Waals surface area contributed by atoms with Crippen molar-refractivity contribution in [2.75, 3.05) is 38.3 Å². The van der Waals surface area contributed by atoms with E-state index in [0.29, 0.717) is 42.9 Å². The number of amides is 1. The Hall–Kier alpha value is -2.98. The Kier molecular flexibility index (Phi) is 5.22. The molecular weight excluding hydrogens is 382 g/mol. The van der Waals surface area contributed by atoms with Crippen LogP contribution < -0.4 is 20.5 Å². The van der Waals surface area contributed by atoms with Gasteiger partial charge in [-0.2, -0.15) is 9.50 Å². The van der Waals surface area contributed by atoms with Crippen LogP contribution in [0, 0.1) is 0 Å². The number of benzene rings is 1. The molecule has 0 aliphatic carbocycles. The molecule has 1 aliphatic rings. The highest BCUT2D eigenvalue weighted by Gasteiger charge is 2.20. The smallest absolute Gasteiger partial charge is 0.274 e. The van der Waals surface area contributed by atoms with Gasteiger partial charge in [0.05, 0.1) is 20.3 Å². The van der Waals surface area contributed by atoms with Gasteiger partial charge in [0.1, 0.15) is 11.4 Å². The molecule has 146 valence electrons. The zero-order valence-electron chi connectivity index (χ0n) is 15.3. The largest absolute Gasteiger partial charge is 0.497 e. The fraction of sp³-hybridized carbons (Fsp3) is 0.333. The summed E-state index contributed by atoms with van der Waals surface area (Å²) in [5, 5.41) is 8.04. The van der Waals surface area contributed by atoms with E-state index >= 15 is 0 Å². The molecule has 0 atom stereocenters. The van der Waals surface area contributed by atoms with Crippen LogP contribution in [0.2, 0.25) is 0 Å². The lowest BCUT2D eigenvalue weighted by Gasteiger charge is -2.25. The van der Waals surface area contributed by atoms with E-state index in [-0.39, 0.29) is 11.6 Å². The maximum absolute atomic E-state index is 12.7. The van der Waals surface area contributed by atoms with E-state index < -0.39 is 5.56 Å². The highest BCUT2D eigenvalue weighted by atomic mass is 32.1. The minimum atomic E-state index is -0.466. The molecule has 1 N–H and O–H groups in total. The standard InChI is InChI=1S/C18H19N5O4S/c1-26-13-4-2-12(3-5-13)11-19-16(25)14-10-15(24)20-17-23(14)21-18(28-17)22-6-8-27-9-7-22/h2-5,10H,6-9,11H2,1H3,(H,19,25). The Morgan fingerprint density at radius 2 is 2.04 bits per heavy atom. The van der Waals surface area contributed by atoms with Crippen molar-refractivity contribution in [3.05, 3.63) is 51.9 Å². The Labute approximate surface area is 164 Å². The summed E-state index contributed by atoms with van der Waals surface area (Å²) in [6.45, 7) is 2.99. The number of carbonyl (C=O) groups is 1. The molecule has 1 aromatic carbocycles. The van der Waals surface area contributed by atoms with E-state index in [1.165, 1.54) is 21.9 Å². The van der Waals surface area contributed by atoms with Crippen LogP contribution >= 0.6 is 11.3 Å². The number of rotatable bonds is 5. The van der Waals surface area contributed by atoms with Crippen molar-refractivity contribution >= 4 is 27.3 Å². The Morgan fingerprint density at radius 3 is 2.75 bits per heavy atom. The fourth-order valence-corrected chi connectivity index (χ4v) is 3.82. The second-order valence-corrected chi connectivity index (χ2v) is 7.12. The number of morpholine rings is 1. The van der Waals surface area contributed by atoms with Crippen LogP contribution in [0.15, 0.2) is 35.1 Å². The fourth-order valence-electron chi connectivity index (χ4n) is 2.87. The number of hydrogen-bond acceptors (Lipinski definition) is 8. The average molecular weight is 401 g/mol. The third-order valence-electron chi connectivity index (χ3n) is 4.37. The first-order valence-electron chi connectivity index (χ1n) is 8.79. The summed E-state index contributed by atoms with van der Waals surface area (Å²) in [5.41, 5.74) is 0.616. The number of nitrogens with zero attached hydrogens (tertiary/aromatic N) is 4. The van der Waals surface area contributed by atoms with Crippen LogP contribution in [0.4, 0.5) is 5.13 Å². The quantitative estimate of drug-likeness (QED) is 0.679. The molecule has 3 aromatic rings. The number of fused-ring (bicyclic) bond motifs is 1. The molecule has 10 heteroatoms. The Balaban J connectivity index is 1.56. The van der Waals surface area contributed by atoms with E-state index in [9.17, 15) is 9.59 Å². The third-order valence-corrected chi connectivity index (χ3v) is 5.34. The lowest BCUT2D eigenvalue weighted by Crippen LogP contribution is -2.36. The minimum Gasteiger partial charge on any atom is -0.497 e. The van der Waals surface area contributed by atoms with Crippen molar-refractivity contribution in [1.29, 1.82) is 0 Å². The van der Waals surface area contributed by atoms with Gasteiger partial charge < -0.3 is 19.7 Å². The summed E-state index contributed by atoms with van der Waals surface area (Å²) in [5.74, 6) is 0.361. The molecule has 0 spiro atoms. The van der Waals surface area contributed by atoms with Crippen molar-refractivity contribution in [1.82, 2.24) is 19.9 Å². The topological polar surface area (TPSA) is 98.1 Å². The third kappa shape index (κ3) is 3.82. The number of carbonyl (C=O) groups excluding carboxylic acids is 1. The molecule has 0 saturated carbocycles. The molecule has 1 saturated heterocycles. The number of aromatic nitrogens is 3. The van der Waals surface area contributed by atoms with Crippen LogP contribution in [-0.2, 0) is 11.3 Å².